The molecule has 0 bridgehead atoms. The van der Waals surface area contributed by atoms with Gasteiger partial charge in [0.1, 0.15) is 17.3 Å². The van der Waals surface area contributed by atoms with E-state index in [0.717, 1.165) is 17.7 Å². The lowest BCUT2D eigenvalue weighted by molar-refractivity contribution is 0.102. The van der Waals surface area contributed by atoms with Crippen LogP contribution < -0.4 is 10.6 Å². The Kier molecular flexibility index (Phi) is 5.43. The highest BCUT2D eigenvalue weighted by atomic mass is 35.5. The van der Waals surface area contributed by atoms with Crippen LogP contribution in [-0.2, 0) is 6.54 Å². The van der Waals surface area contributed by atoms with Gasteiger partial charge in [0.25, 0.3) is 5.91 Å². The van der Waals surface area contributed by atoms with Crippen LogP contribution in [0.3, 0.4) is 0 Å². The molecule has 2 aromatic carbocycles. The number of para-hydroxylation sites is 1. The van der Waals surface area contributed by atoms with E-state index in [1.807, 2.05) is 12.1 Å². The summed E-state index contributed by atoms with van der Waals surface area (Å²) in [6.45, 7) is 0.506. The minimum Gasteiger partial charge on any atom is -0.380 e. The Hall–Kier alpha value is -2.99. The Labute approximate surface area is 153 Å². The normalized spacial score (nSPS) is 10.4. The third-order valence-electron chi connectivity index (χ3n) is 3.61. The summed E-state index contributed by atoms with van der Waals surface area (Å²) in [5, 5.41) is 6.01. The lowest BCUT2D eigenvalue weighted by atomic mass is 10.2. The molecule has 4 nitrogen and oxygen atoms in total. The highest BCUT2D eigenvalue weighted by Crippen LogP contribution is 2.19. The zero-order chi connectivity index (χ0) is 18.5. The van der Waals surface area contributed by atoms with Crippen LogP contribution >= 0.6 is 11.6 Å². The van der Waals surface area contributed by atoms with Gasteiger partial charge in [0, 0.05) is 24.0 Å². The quantitative estimate of drug-likeness (QED) is 0.670. The highest BCUT2D eigenvalue weighted by molar-refractivity contribution is 6.30. The number of nitrogens with one attached hydrogen (secondary N) is 2. The van der Waals surface area contributed by atoms with Crippen molar-refractivity contribution < 1.29 is 13.6 Å². The number of hydrogen-bond donors (Lipinski definition) is 2. The molecule has 0 aliphatic carbocycles. The number of carbonyl (C=O) groups excluding carboxylic acids is 1. The zero-order valence-corrected chi connectivity index (χ0v) is 14.2. The Morgan fingerprint density at radius 2 is 1.73 bits per heavy atom. The predicted molar refractivity (Wildman–Crippen MR) is 97.3 cm³/mol. The van der Waals surface area contributed by atoms with Crippen molar-refractivity contribution in [1.82, 2.24) is 4.98 Å². The molecule has 0 aliphatic rings. The summed E-state index contributed by atoms with van der Waals surface area (Å²) in [5.41, 5.74) is 1.28. The van der Waals surface area contributed by atoms with Gasteiger partial charge < -0.3 is 10.6 Å². The Morgan fingerprint density at radius 1 is 1.04 bits per heavy atom. The molecule has 0 radical (unpaired) electrons. The van der Waals surface area contributed by atoms with Gasteiger partial charge in [-0.05, 0) is 35.9 Å². The molecule has 3 aromatic rings. The number of pyridine rings is 1. The summed E-state index contributed by atoms with van der Waals surface area (Å²) in [7, 11) is 0. The number of amides is 1. The second kappa shape index (κ2) is 7.93. The number of anilines is 2. The molecule has 26 heavy (non-hydrogen) atoms. The molecule has 1 aromatic heterocycles. The van der Waals surface area contributed by atoms with Gasteiger partial charge in [-0.2, -0.15) is 0 Å². The fraction of sp³-hybridized carbons (Fsp3) is 0.0526. The number of aromatic nitrogens is 1. The van der Waals surface area contributed by atoms with Crippen molar-refractivity contribution in [3.8, 4) is 0 Å². The number of rotatable bonds is 5. The topological polar surface area (TPSA) is 54.0 Å². The fourth-order valence-corrected chi connectivity index (χ4v) is 2.40. The number of hydrogen-bond acceptors (Lipinski definition) is 3. The van der Waals surface area contributed by atoms with E-state index in [1.54, 1.807) is 24.4 Å². The summed E-state index contributed by atoms with van der Waals surface area (Å²) in [4.78, 5) is 16.2. The molecule has 132 valence electrons. The van der Waals surface area contributed by atoms with Gasteiger partial charge in [0.2, 0.25) is 0 Å². The van der Waals surface area contributed by atoms with E-state index in [1.165, 1.54) is 12.3 Å². The Bertz CT molecular complexity index is 912. The van der Waals surface area contributed by atoms with Crippen molar-refractivity contribution in [2.45, 2.75) is 6.54 Å². The van der Waals surface area contributed by atoms with Gasteiger partial charge in [0.15, 0.2) is 0 Å². The first-order valence-corrected chi connectivity index (χ1v) is 8.09. The van der Waals surface area contributed by atoms with Gasteiger partial charge in [-0.15, -0.1) is 0 Å². The molecule has 0 unspecified atom stereocenters. The molecule has 2 N–H and O–H groups in total. The van der Waals surface area contributed by atoms with E-state index in [4.69, 9.17) is 11.6 Å². The van der Waals surface area contributed by atoms with Gasteiger partial charge in [-0.1, -0.05) is 29.8 Å². The molecule has 3 rings (SSSR count). The molecule has 1 amide bonds. The van der Waals surface area contributed by atoms with Crippen LogP contribution in [-0.4, -0.2) is 10.9 Å². The third kappa shape index (κ3) is 4.34. The molecule has 7 heteroatoms. The Balaban J connectivity index is 1.70. The van der Waals surface area contributed by atoms with E-state index < -0.39 is 23.2 Å². The Morgan fingerprint density at radius 3 is 2.42 bits per heavy atom. The second-order valence-corrected chi connectivity index (χ2v) is 5.93. The van der Waals surface area contributed by atoms with Crippen LogP contribution in [0.2, 0.25) is 5.02 Å². The van der Waals surface area contributed by atoms with E-state index in [0.29, 0.717) is 17.3 Å². The standard InChI is InChI=1S/C19H14ClF2N3O/c20-14-6-4-12(5-7-14)9-24-15-8-13(10-23-11-15)19(26)25-18-16(21)2-1-3-17(18)22/h1-8,10-11,24H,9H2,(H,25,26). The maximum absolute atomic E-state index is 13.7. The number of halogens is 3. The summed E-state index contributed by atoms with van der Waals surface area (Å²) in [6.07, 6.45) is 2.87. The van der Waals surface area contributed by atoms with Crippen molar-refractivity contribution in [1.29, 1.82) is 0 Å². The number of nitrogens with zero attached hydrogens (tertiary/aromatic N) is 1. The van der Waals surface area contributed by atoms with Crippen molar-refractivity contribution in [2.24, 2.45) is 0 Å². The molecule has 0 aliphatic heterocycles. The molecule has 0 atom stereocenters. The maximum Gasteiger partial charge on any atom is 0.257 e. The maximum atomic E-state index is 13.7. The molecular weight excluding hydrogens is 360 g/mol. The second-order valence-electron chi connectivity index (χ2n) is 5.49. The van der Waals surface area contributed by atoms with Gasteiger partial charge in [0.05, 0.1) is 11.3 Å². The first-order valence-electron chi connectivity index (χ1n) is 7.71. The van der Waals surface area contributed by atoms with Crippen molar-refractivity contribution >= 4 is 28.9 Å². The van der Waals surface area contributed by atoms with Crippen LogP contribution in [0.25, 0.3) is 0 Å². The lowest BCUT2D eigenvalue weighted by Crippen LogP contribution is -2.15. The summed E-state index contributed by atoms with van der Waals surface area (Å²) < 4.78 is 27.3. The lowest BCUT2D eigenvalue weighted by Gasteiger charge is -2.10. The number of carbonyl (C=O) groups is 1. The minimum absolute atomic E-state index is 0.175. The van der Waals surface area contributed by atoms with E-state index >= 15 is 0 Å². The largest absolute Gasteiger partial charge is 0.380 e. The van der Waals surface area contributed by atoms with E-state index in [-0.39, 0.29) is 5.56 Å². The molecule has 0 fully saturated rings. The van der Waals surface area contributed by atoms with Gasteiger partial charge in [-0.25, -0.2) is 8.78 Å². The highest BCUT2D eigenvalue weighted by Gasteiger charge is 2.14. The molecule has 0 spiro atoms. The van der Waals surface area contributed by atoms with Crippen LogP contribution in [0.4, 0.5) is 20.2 Å². The van der Waals surface area contributed by atoms with E-state index in [9.17, 15) is 13.6 Å². The molecule has 1 heterocycles. The fourth-order valence-electron chi connectivity index (χ4n) is 2.27. The molecule has 0 saturated heterocycles. The minimum atomic E-state index is -0.844. The SMILES string of the molecule is O=C(Nc1c(F)cccc1F)c1cncc(NCc2ccc(Cl)cc2)c1. The average Bonchev–Trinajstić information content (AvgIpc) is 2.64. The first-order chi connectivity index (χ1) is 12.5. The van der Waals surface area contributed by atoms with Gasteiger partial charge in [-0.3, -0.25) is 9.78 Å². The van der Waals surface area contributed by atoms with Crippen molar-refractivity contribution in [2.75, 3.05) is 10.6 Å². The number of benzene rings is 2. The summed E-state index contributed by atoms with van der Waals surface area (Å²) >= 11 is 5.84. The average molecular weight is 374 g/mol. The van der Waals surface area contributed by atoms with Crippen molar-refractivity contribution in [3.05, 3.63) is 88.7 Å². The summed E-state index contributed by atoms with van der Waals surface area (Å²) in [5.74, 6) is -2.34. The predicted octanol–water partition coefficient (Wildman–Crippen LogP) is 4.88. The first kappa shape index (κ1) is 17.8. The smallest absolute Gasteiger partial charge is 0.257 e. The zero-order valence-electron chi connectivity index (χ0n) is 13.5. The monoisotopic (exact) mass is 373 g/mol. The van der Waals surface area contributed by atoms with Crippen LogP contribution in [0.1, 0.15) is 15.9 Å². The molecular formula is C19H14ClF2N3O. The summed E-state index contributed by atoms with van der Waals surface area (Å²) in [6, 6.07) is 12.2. The van der Waals surface area contributed by atoms with E-state index in [2.05, 4.69) is 15.6 Å². The van der Waals surface area contributed by atoms with Crippen molar-refractivity contribution in [3.63, 3.8) is 0 Å². The molecule has 0 saturated carbocycles. The van der Waals surface area contributed by atoms with Crippen LogP contribution in [0.5, 0.6) is 0 Å². The third-order valence-corrected chi connectivity index (χ3v) is 3.86. The van der Waals surface area contributed by atoms with Gasteiger partial charge >= 0.3 is 0 Å². The van der Waals surface area contributed by atoms with Crippen LogP contribution in [0, 0.1) is 11.6 Å². The van der Waals surface area contributed by atoms with Crippen LogP contribution in [0.15, 0.2) is 60.9 Å².